The number of carbonyl (C=O) groups excluding carboxylic acids is 2. The van der Waals surface area contributed by atoms with Crippen LogP contribution >= 0.6 is 0 Å². The zero-order valence-electron chi connectivity index (χ0n) is 19.7. The average molecular weight is 452 g/mol. The topological polar surface area (TPSA) is 46.6 Å². The van der Waals surface area contributed by atoms with E-state index in [9.17, 15) is 9.59 Å². The maximum Gasteiger partial charge on any atom is 0.238 e. The molecule has 7 rings (SSSR count). The minimum atomic E-state index is -0.354. The molecule has 1 saturated heterocycles. The molecular formula is C30H29NO3. The fraction of sp³-hybridized carbons (Fsp3) is 0.333. The van der Waals surface area contributed by atoms with Gasteiger partial charge in [0, 0.05) is 11.8 Å². The van der Waals surface area contributed by atoms with Crippen molar-refractivity contribution in [1.29, 1.82) is 0 Å². The summed E-state index contributed by atoms with van der Waals surface area (Å²) in [6.45, 7) is 4.95. The molecule has 0 spiro atoms. The van der Waals surface area contributed by atoms with Crippen molar-refractivity contribution in [2.45, 2.75) is 44.9 Å². The van der Waals surface area contributed by atoms with Gasteiger partial charge in [-0.05, 0) is 64.9 Å². The Morgan fingerprint density at radius 2 is 1.38 bits per heavy atom. The van der Waals surface area contributed by atoms with Crippen LogP contribution in [0.2, 0.25) is 0 Å². The first-order valence-corrected chi connectivity index (χ1v) is 12.5. The van der Waals surface area contributed by atoms with Crippen LogP contribution in [0.3, 0.4) is 0 Å². The van der Waals surface area contributed by atoms with Gasteiger partial charge in [0.05, 0.1) is 24.1 Å². The SMILES string of the molecule is CCCCOc1ccc(N2C(=O)[C@H]3[C@@H]4c5ccccc5[C@H](c5cc(CC)ccc54)[C@@H]3C2=O)cc1. The Hall–Kier alpha value is -3.40. The lowest BCUT2D eigenvalue weighted by molar-refractivity contribution is -0.122. The zero-order chi connectivity index (χ0) is 23.4. The number of unbranched alkanes of at least 4 members (excludes halogenated alkanes) is 1. The first-order chi connectivity index (χ1) is 16.6. The van der Waals surface area contributed by atoms with E-state index in [1.807, 2.05) is 36.4 Å². The molecule has 3 aromatic rings. The molecule has 0 radical (unpaired) electrons. The van der Waals surface area contributed by atoms with Crippen LogP contribution in [0, 0.1) is 11.8 Å². The monoisotopic (exact) mass is 451 g/mol. The third kappa shape index (κ3) is 2.97. The highest BCUT2D eigenvalue weighted by Gasteiger charge is 2.61. The first-order valence-electron chi connectivity index (χ1n) is 12.5. The van der Waals surface area contributed by atoms with Crippen LogP contribution in [0.5, 0.6) is 5.75 Å². The van der Waals surface area contributed by atoms with Crippen LogP contribution in [0.1, 0.15) is 66.3 Å². The van der Waals surface area contributed by atoms with Gasteiger partial charge in [0.1, 0.15) is 5.75 Å². The molecule has 3 aromatic carbocycles. The van der Waals surface area contributed by atoms with Crippen molar-refractivity contribution < 1.29 is 14.3 Å². The number of nitrogens with zero attached hydrogens (tertiary/aromatic N) is 1. The van der Waals surface area contributed by atoms with Gasteiger partial charge in [-0.2, -0.15) is 0 Å². The Kier molecular flexibility index (Phi) is 5.05. The van der Waals surface area contributed by atoms with E-state index >= 15 is 0 Å². The molecule has 1 fully saturated rings. The van der Waals surface area contributed by atoms with Gasteiger partial charge in [-0.25, -0.2) is 4.90 Å². The summed E-state index contributed by atoms with van der Waals surface area (Å²) >= 11 is 0. The third-order valence-electron chi connectivity index (χ3n) is 7.87. The molecule has 0 saturated carbocycles. The Morgan fingerprint density at radius 1 is 0.765 bits per heavy atom. The second kappa shape index (κ2) is 8.12. The van der Waals surface area contributed by atoms with Gasteiger partial charge in [0.2, 0.25) is 11.8 Å². The maximum atomic E-state index is 13.9. The van der Waals surface area contributed by atoms with Gasteiger partial charge >= 0.3 is 0 Å². The standard InChI is InChI=1S/C30H29NO3/c1-3-5-16-34-20-13-11-19(12-14-20)31-29(32)27-25-21-8-6-7-9-22(21)26(28(27)30(31)33)24-17-18(4-2)10-15-23(24)25/h6-15,17,25-28H,3-5,16H2,1-2H3/t25-,26-,27+,28+/m1/s1. The van der Waals surface area contributed by atoms with E-state index in [2.05, 4.69) is 44.2 Å². The van der Waals surface area contributed by atoms with E-state index < -0.39 is 0 Å². The van der Waals surface area contributed by atoms with Crippen LogP contribution < -0.4 is 9.64 Å². The van der Waals surface area contributed by atoms with E-state index in [1.165, 1.54) is 32.7 Å². The van der Waals surface area contributed by atoms with Crippen molar-refractivity contribution in [3.8, 4) is 5.75 Å². The molecule has 1 heterocycles. The fourth-order valence-corrected chi connectivity index (χ4v) is 6.28. The summed E-state index contributed by atoms with van der Waals surface area (Å²) in [5.41, 5.74) is 6.75. The van der Waals surface area contributed by atoms with Gasteiger partial charge in [-0.3, -0.25) is 9.59 Å². The number of imide groups is 1. The lowest BCUT2D eigenvalue weighted by atomic mass is 9.55. The second-order valence-corrected chi connectivity index (χ2v) is 9.66. The van der Waals surface area contributed by atoms with Crippen molar-refractivity contribution >= 4 is 17.5 Å². The van der Waals surface area contributed by atoms with Crippen LogP contribution in [-0.4, -0.2) is 18.4 Å². The number of anilines is 1. The van der Waals surface area contributed by atoms with Gasteiger partial charge in [-0.1, -0.05) is 62.7 Å². The Balaban J connectivity index is 1.41. The lowest BCUT2D eigenvalue weighted by Gasteiger charge is -2.46. The molecular weight excluding hydrogens is 422 g/mol. The molecule has 0 N–H and O–H groups in total. The van der Waals surface area contributed by atoms with Crippen molar-refractivity contribution in [3.63, 3.8) is 0 Å². The van der Waals surface area contributed by atoms with Gasteiger partial charge < -0.3 is 4.74 Å². The predicted molar refractivity (Wildman–Crippen MR) is 132 cm³/mol. The van der Waals surface area contributed by atoms with Crippen LogP contribution in [0.15, 0.2) is 66.7 Å². The van der Waals surface area contributed by atoms with Gasteiger partial charge in [-0.15, -0.1) is 0 Å². The number of hydrogen-bond donors (Lipinski definition) is 0. The highest BCUT2D eigenvalue weighted by atomic mass is 16.5. The number of hydrogen-bond acceptors (Lipinski definition) is 3. The van der Waals surface area contributed by atoms with Gasteiger partial charge in [0.15, 0.2) is 0 Å². The van der Waals surface area contributed by atoms with Crippen molar-refractivity contribution in [3.05, 3.63) is 94.5 Å². The van der Waals surface area contributed by atoms with E-state index in [-0.39, 0.29) is 35.5 Å². The van der Waals surface area contributed by atoms with E-state index in [0.717, 1.165) is 25.0 Å². The number of aryl methyl sites for hydroxylation is 1. The summed E-state index contributed by atoms with van der Waals surface area (Å²) in [5, 5.41) is 0. The number of ether oxygens (including phenoxy) is 1. The van der Waals surface area contributed by atoms with E-state index in [4.69, 9.17) is 4.74 Å². The Labute approximate surface area is 200 Å². The quantitative estimate of drug-likeness (QED) is 0.350. The smallest absolute Gasteiger partial charge is 0.238 e. The predicted octanol–water partition coefficient (Wildman–Crippen LogP) is 5.82. The summed E-state index contributed by atoms with van der Waals surface area (Å²) in [4.78, 5) is 29.2. The normalized spacial score (nSPS) is 24.1. The molecule has 4 atom stereocenters. The molecule has 4 heteroatoms. The molecule has 4 aliphatic rings. The average Bonchev–Trinajstić information content (AvgIpc) is 3.14. The first kappa shape index (κ1) is 21.2. The Morgan fingerprint density at radius 3 is 2.00 bits per heavy atom. The van der Waals surface area contributed by atoms with E-state index in [1.54, 1.807) is 0 Å². The number of rotatable bonds is 6. The summed E-state index contributed by atoms with van der Waals surface area (Å²) in [6.07, 6.45) is 3.02. The molecule has 2 amide bonds. The summed E-state index contributed by atoms with van der Waals surface area (Å²) in [7, 11) is 0. The third-order valence-corrected chi connectivity index (χ3v) is 7.87. The Bertz CT molecular complexity index is 1280. The molecule has 3 aliphatic carbocycles. The molecule has 1 aliphatic heterocycles. The number of carbonyl (C=O) groups is 2. The molecule has 4 nitrogen and oxygen atoms in total. The van der Waals surface area contributed by atoms with Crippen molar-refractivity contribution in [1.82, 2.24) is 0 Å². The highest BCUT2D eigenvalue weighted by Crippen LogP contribution is 2.61. The highest BCUT2D eigenvalue weighted by molar-refractivity contribution is 6.23. The molecule has 0 unspecified atom stereocenters. The van der Waals surface area contributed by atoms with Crippen LogP contribution in [0.4, 0.5) is 5.69 Å². The zero-order valence-corrected chi connectivity index (χ0v) is 19.7. The minimum Gasteiger partial charge on any atom is -0.494 e. The minimum absolute atomic E-state index is 0.0771. The summed E-state index contributed by atoms with van der Waals surface area (Å²) < 4.78 is 5.77. The summed E-state index contributed by atoms with van der Waals surface area (Å²) in [6, 6.07) is 22.4. The lowest BCUT2D eigenvalue weighted by Crippen LogP contribution is -2.41. The van der Waals surface area contributed by atoms with Crippen LogP contribution in [0.25, 0.3) is 0 Å². The maximum absolute atomic E-state index is 13.9. The second-order valence-electron chi connectivity index (χ2n) is 9.66. The molecule has 34 heavy (non-hydrogen) atoms. The summed E-state index contributed by atoms with van der Waals surface area (Å²) in [5.74, 6) is -0.256. The molecule has 2 bridgehead atoms. The van der Waals surface area contributed by atoms with E-state index in [0.29, 0.717) is 12.3 Å². The fourth-order valence-electron chi connectivity index (χ4n) is 6.28. The van der Waals surface area contributed by atoms with Crippen LogP contribution in [-0.2, 0) is 16.0 Å². The largest absolute Gasteiger partial charge is 0.494 e. The number of amides is 2. The van der Waals surface area contributed by atoms with Crippen molar-refractivity contribution in [2.75, 3.05) is 11.5 Å². The number of benzene rings is 3. The molecule has 172 valence electrons. The molecule has 0 aromatic heterocycles. The van der Waals surface area contributed by atoms with Gasteiger partial charge in [0.25, 0.3) is 0 Å². The van der Waals surface area contributed by atoms with Crippen molar-refractivity contribution in [2.24, 2.45) is 11.8 Å².